The maximum atomic E-state index is 13.0. The molecule has 0 saturated carbocycles. The summed E-state index contributed by atoms with van der Waals surface area (Å²) in [4.78, 5) is 27.2. The molecule has 0 aliphatic carbocycles. The van der Waals surface area contributed by atoms with Gasteiger partial charge in [-0.2, -0.15) is 0 Å². The standard InChI is InChI=1S/C21H21ClN4O3/c1-14-12-18(25-29-14)24-21(28)20(15-8-4-3-5-9-15)26(2)13-19(27)23-17-11-7-6-10-16(17)22/h3-12,20H,13H2,1-2H3,(H,23,27)(H,24,25,28). The lowest BCUT2D eigenvalue weighted by molar-refractivity contribution is -0.123. The van der Waals surface area contributed by atoms with Gasteiger partial charge in [-0.05, 0) is 31.7 Å². The molecule has 0 aliphatic rings. The molecule has 0 spiro atoms. The predicted octanol–water partition coefficient (Wildman–Crippen LogP) is 3.89. The summed E-state index contributed by atoms with van der Waals surface area (Å²) in [6.07, 6.45) is 0. The summed E-state index contributed by atoms with van der Waals surface area (Å²) in [6.45, 7) is 1.72. The van der Waals surface area contributed by atoms with E-state index in [0.717, 1.165) is 5.56 Å². The van der Waals surface area contributed by atoms with Crippen molar-refractivity contribution >= 4 is 34.9 Å². The van der Waals surface area contributed by atoms with Crippen LogP contribution in [0, 0.1) is 6.92 Å². The molecule has 0 saturated heterocycles. The highest BCUT2D eigenvalue weighted by Gasteiger charge is 2.27. The van der Waals surface area contributed by atoms with Crippen molar-refractivity contribution in [2.45, 2.75) is 13.0 Å². The van der Waals surface area contributed by atoms with E-state index in [1.165, 1.54) is 0 Å². The van der Waals surface area contributed by atoms with Crippen molar-refractivity contribution in [3.05, 3.63) is 77.0 Å². The first kappa shape index (κ1) is 20.6. The molecule has 7 nitrogen and oxygen atoms in total. The number of amides is 2. The van der Waals surface area contributed by atoms with Crippen LogP contribution in [0.3, 0.4) is 0 Å². The van der Waals surface area contributed by atoms with Crippen molar-refractivity contribution in [3.8, 4) is 0 Å². The van der Waals surface area contributed by atoms with E-state index in [0.29, 0.717) is 22.3 Å². The Labute approximate surface area is 173 Å². The maximum Gasteiger partial charge on any atom is 0.247 e. The molecule has 2 amide bonds. The fraction of sp³-hybridized carbons (Fsp3) is 0.190. The Balaban J connectivity index is 1.75. The van der Waals surface area contributed by atoms with Gasteiger partial charge in [0.25, 0.3) is 0 Å². The Kier molecular flexibility index (Phi) is 6.64. The van der Waals surface area contributed by atoms with Gasteiger partial charge >= 0.3 is 0 Å². The second-order valence-electron chi connectivity index (χ2n) is 6.57. The zero-order valence-electron chi connectivity index (χ0n) is 16.1. The quantitative estimate of drug-likeness (QED) is 0.614. The number of carbonyl (C=O) groups excluding carboxylic acids is 2. The highest BCUT2D eigenvalue weighted by molar-refractivity contribution is 6.33. The van der Waals surface area contributed by atoms with Crippen LogP contribution in [0.25, 0.3) is 0 Å². The molecule has 1 aromatic heterocycles. The van der Waals surface area contributed by atoms with Gasteiger partial charge in [0.1, 0.15) is 11.8 Å². The molecule has 8 heteroatoms. The molecule has 0 radical (unpaired) electrons. The molecular formula is C21H21ClN4O3. The van der Waals surface area contributed by atoms with E-state index in [1.54, 1.807) is 49.2 Å². The summed E-state index contributed by atoms with van der Waals surface area (Å²) in [5.74, 6) is 0.301. The van der Waals surface area contributed by atoms with Crippen LogP contribution in [0.1, 0.15) is 17.4 Å². The Bertz CT molecular complexity index is 990. The van der Waals surface area contributed by atoms with Crippen LogP contribution < -0.4 is 10.6 Å². The van der Waals surface area contributed by atoms with Crippen LogP contribution in [0.2, 0.25) is 5.02 Å². The van der Waals surface area contributed by atoms with Crippen LogP contribution >= 0.6 is 11.6 Å². The molecular weight excluding hydrogens is 392 g/mol. The van der Waals surface area contributed by atoms with Gasteiger partial charge in [0.15, 0.2) is 5.82 Å². The number of anilines is 2. The molecule has 150 valence electrons. The highest BCUT2D eigenvalue weighted by atomic mass is 35.5. The molecule has 2 N–H and O–H groups in total. The molecule has 2 aromatic carbocycles. The summed E-state index contributed by atoms with van der Waals surface area (Å²) in [6, 6.07) is 17.1. The Morgan fingerprint density at radius 1 is 1.10 bits per heavy atom. The SMILES string of the molecule is Cc1cc(NC(=O)C(c2ccccc2)N(C)CC(=O)Nc2ccccc2Cl)no1. The highest BCUT2D eigenvalue weighted by Crippen LogP contribution is 2.23. The van der Waals surface area contributed by atoms with Crippen LogP contribution in [0.4, 0.5) is 11.5 Å². The van der Waals surface area contributed by atoms with Crippen molar-refractivity contribution in [1.82, 2.24) is 10.1 Å². The minimum atomic E-state index is -0.704. The van der Waals surface area contributed by atoms with Gasteiger partial charge in [-0.1, -0.05) is 59.2 Å². The molecule has 0 aliphatic heterocycles. The Hall–Kier alpha value is -3.16. The zero-order chi connectivity index (χ0) is 20.8. The third kappa shape index (κ3) is 5.43. The molecule has 0 bridgehead atoms. The topological polar surface area (TPSA) is 87.5 Å². The van der Waals surface area contributed by atoms with Crippen LogP contribution in [-0.4, -0.2) is 35.5 Å². The summed E-state index contributed by atoms with van der Waals surface area (Å²) in [5, 5.41) is 9.75. The number of likely N-dealkylation sites (N-methyl/N-ethyl adjacent to an activating group) is 1. The van der Waals surface area contributed by atoms with Crippen molar-refractivity contribution in [2.24, 2.45) is 0 Å². The number of para-hydroxylation sites is 1. The monoisotopic (exact) mass is 412 g/mol. The molecule has 29 heavy (non-hydrogen) atoms. The maximum absolute atomic E-state index is 13.0. The average Bonchev–Trinajstić information content (AvgIpc) is 3.09. The molecule has 1 unspecified atom stereocenters. The smallest absolute Gasteiger partial charge is 0.247 e. The summed E-state index contributed by atoms with van der Waals surface area (Å²) in [7, 11) is 1.71. The van der Waals surface area contributed by atoms with E-state index in [9.17, 15) is 9.59 Å². The van der Waals surface area contributed by atoms with Crippen molar-refractivity contribution < 1.29 is 14.1 Å². The number of aromatic nitrogens is 1. The summed E-state index contributed by atoms with van der Waals surface area (Å²) < 4.78 is 5.00. The number of hydrogen-bond acceptors (Lipinski definition) is 5. The van der Waals surface area contributed by atoms with Crippen molar-refractivity contribution in [2.75, 3.05) is 24.2 Å². The number of carbonyl (C=O) groups is 2. The summed E-state index contributed by atoms with van der Waals surface area (Å²) in [5.41, 5.74) is 1.27. The Morgan fingerprint density at radius 3 is 2.45 bits per heavy atom. The minimum absolute atomic E-state index is 0.0178. The lowest BCUT2D eigenvalue weighted by Gasteiger charge is -2.26. The number of aryl methyl sites for hydroxylation is 1. The fourth-order valence-corrected chi connectivity index (χ4v) is 3.11. The van der Waals surface area contributed by atoms with Gasteiger partial charge in [0, 0.05) is 6.07 Å². The number of nitrogens with zero attached hydrogens (tertiary/aromatic N) is 2. The van der Waals surface area contributed by atoms with Crippen molar-refractivity contribution in [3.63, 3.8) is 0 Å². The van der Waals surface area contributed by atoms with Crippen LogP contribution in [-0.2, 0) is 9.59 Å². The van der Waals surface area contributed by atoms with Crippen molar-refractivity contribution in [1.29, 1.82) is 0 Å². The minimum Gasteiger partial charge on any atom is -0.360 e. The molecule has 1 heterocycles. The first-order valence-corrected chi connectivity index (χ1v) is 9.35. The van der Waals surface area contributed by atoms with Gasteiger partial charge in [0.05, 0.1) is 17.3 Å². The summed E-state index contributed by atoms with van der Waals surface area (Å²) >= 11 is 6.10. The Morgan fingerprint density at radius 2 is 1.79 bits per heavy atom. The van der Waals surface area contributed by atoms with Gasteiger partial charge in [-0.15, -0.1) is 0 Å². The first-order chi connectivity index (χ1) is 13.9. The number of hydrogen-bond donors (Lipinski definition) is 2. The third-order valence-electron chi connectivity index (χ3n) is 4.22. The van der Waals surface area contributed by atoms with E-state index in [-0.39, 0.29) is 18.4 Å². The average molecular weight is 413 g/mol. The van der Waals surface area contributed by atoms with E-state index in [2.05, 4.69) is 15.8 Å². The first-order valence-electron chi connectivity index (χ1n) is 8.98. The van der Waals surface area contributed by atoms with E-state index < -0.39 is 6.04 Å². The van der Waals surface area contributed by atoms with Gasteiger partial charge < -0.3 is 15.2 Å². The fourth-order valence-electron chi connectivity index (χ4n) is 2.93. The predicted molar refractivity (Wildman–Crippen MR) is 112 cm³/mol. The normalized spacial score (nSPS) is 11.9. The van der Waals surface area contributed by atoms with Crippen LogP contribution in [0.5, 0.6) is 0 Å². The molecule has 0 fully saturated rings. The van der Waals surface area contributed by atoms with E-state index in [1.807, 2.05) is 30.3 Å². The molecule has 1 atom stereocenters. The number of halogens is 1. The van der Waals surface area contributed by atoms with Gasteiger partial charge in [-0.3, -0.25) is 14.5 Å². The van der Waals surface area contributed by atoms with E-state index in [4.69, 9.17) is 16.1 Å². The number of benzene rings is 2. The van der Waals surface area contributed by atoms with Gasteiger partial charge in [0.2, 0.25) is 11.8 Å². The molecule has 3 rings (SSSR count). The third-order valence-corrected chi connectivity index (χ3v) is 4.55. The second-order valence-corrected chi connectivity index (χ2v) is 6.98. The molecule has 3 aromatic rings. The second kappa shape index (κ2) is 9.36. The van der Waals surface area contributed by atoms with E-state index >= 15 is 0 Å². The lowest BCUT2D eigenvalue weighted by Crippen LogP contribution is -2.39. The number of rotatable bonds is 7. The largest absolute Gasteiger partial charge is 0.360 e. The lowest BCUT2D eigenvalue weighted by atomic mass is 10.0. The van der Waals surface area contributed by atoms with Gasteiger partial charge in [-0.25, -0.2) is 0 Å². The number of nitrogens with one attached hydrogen (secondary N) is 2. The zero-order valence-corrected chi connectivity index (χ0v) is 16.8. The van der Waals surface area contributed by atoms with Crippen LogP contribution in [0.15, 0.2) is 65.2 Å².